The first kappa shape index (κ1) is 14.0. The minimum Gasteiger partial charge on any atom is -0.341 e. The molecule has 1 aliphatic rings. The molecule has 0 saturated carbocycles. The van der Waals surface area contributed by atoms with Gasteiger partial charge in [0.15, 0.2) is 0 Å². The van der Waals surface area contributed by atoms with Crippen LogP contribution in [0.2, 0.25) is 0 Å². The topological polar surface area (TPSA) is 46.3 Å². The highest BCUT2D eigenvalue weighted by molar-refractivity contribution is 5.76. The molecule has 1 amide bonds. The second kappa shape index (κ2) is 6.15. The molecule has 1 saturated heterocycles. The number of carbonyl (C=O) groups excluding carboxylic acids is 1. The van der Waals surface area contributed by atoms with Crippen molar-refractivity contribution in [2.75, 3.05) is 13.1 Å². The molecule has 19 heavy (non-hydrogen) atoms. The molecule has 2 atom stereocenters. The average molecular weight is 264 g/mol. The third-order valence-electron chi connectivity index (χ3n) is 3.82. The first-order valence-corrected chi connectivity index (χ1v) is 6.85. The summed E-state index contributed by atoms with van der Waals surface area (Å²) in [5.41, 5.74) is 6.52. The molecule has 0 bridgehead atoms. The van der Waals surface area contributed by atoms with Crippen LogP contribution in [-0.4, -0.2) is 23.9 Å². The van der Waals surface area contributed by atoms with Crippen molar-refractivity contribution in [1.29, 1.82) is 0 Å². The minimum absolute atomic E-state index is 0.135. The van der Waals surface area contributed by atoms with E-state index in [9.17, 15) is 9.18 Å². The number of hydrogen-bond acceptors (Lipinski definition) is 2. The fourth-order valence-corrected chi connectivity index (χ4v) is 2.48. The molecule has 104 valence electrons. The fourth-order valence-electron chi connectivity index (χ4n) is 2.48. The zero-order valence-electron chi connectivity index (χ0n) is 11.3. The Morgan fingerprint density at radius 3 is 2.89 bits per heavy atom. The van der Waals surface area contributed by atoms with E-state index in [-0.39, 0.29) is 11.7 Å². The van der Waals surface area contributed by atoms with Crippen LogP contribution in [0.15, 0.2) is 24.3 Å². The highest BCUT2D eigenvalue weighted by Crippen LogP contribution is 2.21. The van der Waals surface area contributed by atoms with E-state index in [1.807, 2.05) is 0 Å². The second-order valence-corrected chi connectivity index (χ2v) is 5.40. The molecule has 1 heterocycles. The summed E-state index contributed by atoms with van der Waals surface area (Å²) < 4.78 is 13.7. The molecule has 4 heteroatoms. The van der Waals surface area contributed by atoms with Gasteiger partial charge in [0.2, 0.25) is 5.91 Å². The molecule has 1 fully saturated rings. The van der Waals surface area contributed by atoms with E-state index in [0.717, 1.165) is 19.4 Å². The molecule has 2 N–H and O–H groups in total. The van der Waals surface area contributed by atoms with Crippen LogP contribution in [0.1, 0.15) is 37.8 Å². The second-order valence-electron chi connectivity index (χ2n) is 5.40. The largest absolute Gasteiger partial charge is 0.341 e. The van der Waals surface area contributed by atoms with Gasteiger partial charge in [-0.3, -0.25) is 4.79 Å². The van der Waals surface area contributed by atoms with E-state index in [4.69, 9.17) is 5.73 Å². The lowest BCUT2D eigenvalue weighted by atomic mass is 10.0. The molecule has 0 aromatic heterocycles. The molecule has 1 aromatic carbocycles. The third kappa shape index (κ3) is 3.53. The molecule has 3 nitrogen and oxygen atoms in total. The van der Waals surface area contributed by atoms with Crippen LogP contribution in [0.5, 0.6) is 0 Å². The summed E-state index contributed by atoms with van der Waals surface area (Å²) in [6.07, 6.45) is 2.51. The van der Waals surface area contributed by atoms with Gasteiger partial charge < -0.3 is 10.6 Å². The summed E-state index contributed by atoms with van der Waals surface area (Å²) in [6, 6.07) is 6.04. The maximum Gasteiger partial charge on any atom is 0.222 e. The van der Waals surface area contributed by atoms with Crippen LogP contribution in [0, 0.1) is 11.7 Å². The zero-order valence-corrected chi connectivity index (χ0v) is 11.3. The summed E-state index contributed by atoms with van der Waals surface area (Å²) in [7, 11) is 0. The Labute approximate surface area is 113 Å². The van der Waals surface area contributed by atoms with Crippen molar-refractivity contribution in [3.05, 3.63) is 35.6 Å². The summed E-state index contributed by atoms with van der Waals surface area (Å²) in [5.74, 6) is 0.403. The SMILES string of the molecule is CC1CCC(=O)N(CC(N)c2ccccc2F)CC1. The van der Waals surface area contributed by atoms with Crippen LogP contribution < -0.4 is 5.73 Å². The van der Waals surface area contributed by atoms with Gasteiger partial charge in [-0.05, 0) is 24.8 Å². The number of rotatable bonds is 3. The zero-order chi connectivity index (χ0) is 13.8. The monoisotopic (exact) mass is 264 g/mol. The Bertz CT molecular complexity index is 450. The van der Waals surface area contributed by atoms with Crippen molar-refractivity contribution in [2.24, 2.45) is 11.7 Å². The van der Waals surface area contributed by atoms with Crippen LogP contribution in [0.4, 0.5) is 4.39 Å². The van der Waals surface area contributed by atoms with Gasteiger partial charge >= 0.3 is 0 Å². The molecule has 1 aliphatic heterocycles. The lowest BCUT2D eigenvalue weighted by molar-refractivity contribution is -0.130. The number of likely N-dealkylation sites (tertiary alicyclic amines) is 1. The van der Waals surface area contributed by atoms with E-state index in [1.54, 1.807) is 23.1 Å². The van der Waals surface area contributed by atoms with Crippen LogP contribution in [0.3, 0.4) is 0 Å². The number of benzene rings is 1. The van der Waals surface area contributed by atoms with Crippen molar-refractivity contribution in [3.8, 4) is 0 Å². The van der Waals surface area contributed by atoms with E-state index in [0.29, 0.717) is 24.4 Å². The van der Waals surface area contributed by atoms with Gasteiger partial charge in [-0.1, -0.05) is 25.1 Å². The predicted octanol–water partition coefficient (Wildman–Crippen LogP) is 2.47. The lowest BCUT2D eigenvalue weighted by Crippen LogP contribution is -2.37. The highest BCUT2D eigenvalue weighted by Gasteiger charge is 2.23. The van der Waals surface area contributed by atoms with Crippen molar-refractivity contribution >= 4 is 5.91 Å². The first-order valence-electron chi connectivity index (χ1n) is 6.85. The quantitative estimate of drug-likeness (QED) is 0.911. The lowest BCUT2D eigenvalue weighted by Gasteiger charge is -2.25. The van der Waals surface area contributed by atoms with Crippen LogP contribution >= 0.6 is 0 Å². The Kier molecular flexibility index (Phi) is 4.53. The Balaban J connectivity index is 2.03. The van der Waals surface area contributed by atoms with E-state index in [2.05, 4.69) is 6.92 Å². The van der Waals surface area contributed by atoms with Crippen molar-refractivity contribution in [1.82, 2.24) is 4.90 Å². The van der Waals surface area contributed by atoms with Gasteiger partial charge in [0.1, 0.15) is 5.82 Å². The van der Waals surface area contributed by atoms with Crippen molar-refractivity contribution < 1.29 is 9.18 Å². The Hall–Kier alpha value is -1.42. The summed E-state index contributed by atoms with van der Waals surface area (Å²) in [4.78, 5) is 13.8. The van der Waals surface area contributed by atoms with Gasteiger partial charge in [0.05, 0.1) is 6.04 Å². The molecule has 0 radical (unpaired) electrons. The highest BCUT2D eigenvalue weighted by atomic mass is 19.1. The molecule has 0 aliphatic carbocycles. The molecule has 2 rings (SSSR count). The van der Waals surface area contributed by atoms with Gasteiger partial charge in [0.25, 0.3) is 0 Å². The van der Waals surface area contributed by atoms with Gasteiger partial charge in [-0.2, -0.15) is 0 Å². The standard InChI is InChI=1S/C15H21FN2O/c1-11-6-7-15(19)18(9-8-11)10-14(17)12-4-2-3-5-13(12)16/h2-5,11,14H,6-10,17H2,1H3. The third-order valence-corrected chi connectivity index (χ3v) is 3.82. The number of hydrogen-bond donors (Lipinski definition) is 1. The molecule has 1 aromatic rings. The molecule has 0 spiro atoms. The van der Waals surface area contributed by atoms with Crippen molar-refractivity contribution in [2.45, 2.75) is 32.2 Å². The van der Waals surface area contributed by atoms with Gasteiger partial charge in [0, 0.05) is 25.1 Å². The Morgan fingerprint density at radius 1 is 1.42 bits per heavy atom. The Morgan fingerprint density at radius 2 is 2.16 bits per heavy atom. The molecular weight excluding hydrogens is 243 g/mol. The maximum atomic E-state index is 13.7. The van der Waals surface area contributed by atoms with Crippen LogP contribution in [-0.2, 0) is 4.79 Å². The van der Waals surface area contributed by atoms with E-state index < -0.39 is 6.04 Å². The predicted molar refractivity (Wildman–Crippen MR) is 72.9 cm³/mol. The summed E-state index contributed by atoms with van der Waals surface area (Å²) in [5, 5.41) is 0. The average Bonchev–Trinajstić information content (AvgIpc) is 2.54. The number of nitrogens with two attached hydrogens (primary N) is 1. The summed E-state index contributed by atoms with van der Waals surface area (Å²) >= 11 is 0. The molecule has 2 unspecified atom stereocenters. The normalized spacial score (nSPS) is 22.2. The van der Waals surface area contributed by atoms with Gasteiger partial charge in [-0.25, -0.2) is 4.39 Å². The number of nitrogens with zero attached hydrogens (tertiary/aromatic N) is 1. The van der Waals surface area contributed by atoms with Crippen molar-refractivity contribution in [3.63, 3.8) is 0 Å². The fraction of sp³-hybridized carbons (Fsp3) is 0.533. The number of amides is 1. The van der Waals surface area contributed by atoms with Gasteiger partial charge in [-0.15, -0.1) is 0 Å². The molecular formula is C15H21FN2O. The number of carbonyl (C=O) groups is 1. The van der Waals surface area contributed by atoms with Crippen LogP contribution in [0.25, 0.3) is 0 Å². The van der Waals surface area contributed by atoms with E-state index >= 15 is 0 Å². The number of halogens is 1. The summed E-state index contributed by atoms with van der Waals surface area (Å²) in [6.45, 7) is 3.28. The van der Waals surface area contributed by atoms with E-state index in [1.165, 1.54) is 6.07 Å². The smallest absolute Gasteiger partial charge is 0.222 e. The first-order chi connectivity index (χ1) is 9.08. The minimum atomic E-state index is -0.460. The maximum absolute atomic E-state index is 13.7.